The maximum atomic E-state index is 12.3. The third-order valence-electron chi connectivity index (χ3n) is 9.21. The lowest BCUT2D eigenvalue weighted by Gasteiger charge is -2.21. The van der Waals surface area contributed by atoms with Crippen LogP contribution in [0, 0.1) is 22.5 Å². The number of thiazole rings is 1. The van der Waals surface area contributed by atoms with Gasteiger partial charge in [-0.3, -0.25) is 14.4 Å². The molecule has 0 saturated heterocycles. The molecule has 4 aromatic carbocycles. The van der Waals surface area contributed by atoms with Crippen molar-refractivity contribution in [1.82, 2.24) is 10.3 Å². The van der Waals surface area contributed by atoms with Gasteiger partial charge in [0, 0.05) is 42.2 Å². The van der Waals surface area contributed by atoms with E-state index in [4.69, 9.17) is 66.1 Å². The van der Waals surface area contributed by atoms with Crippen LogP contribution in [-0.2, 0) is 38.6 Å². The number of ketones is 1. The molecule has 0 amide bonds. The number of aromatic nitrogens is 1. The van der Waals surface area contributed by atoms with Gasteiger partial charge in [-0.25, -0.2) is 4.98 Å². The Morgan fingerprint density at radius 3 is 1.91 bits per heavy atom. The highest BCUT2D eigenvalue weighted by molar-refractivity contribution is 8.05. The number of anilines is 1. The first-order valence-corrected chi connectivity index (χ1v) is 24.7. The Hall–Kier alpha value is -4.12. The van der Waals surface area contributed by atoms with E-state index in [-0.39, 0.29) is 23.0 Å². The second-order valence-electron chi connectivity index (χ2n) is 15.5. The fourth-order valence-corrected chi connectivity index (χ4v) is 8.91. The zero-order valence-corrected chi connectivity index (χ0v) is 42.4. The highest BCUT2D eigenvalue weighted by Gasteiger charge is 2.23. The van der Waals surface area contributed by atoms with E-state index in [9.17, 15) is 14.4 Å². The summed E-state index contributed by atoms with van der Waals surface area (Å²) in [6.07, 6.45) is 2.31. The Balaban J connectivity index is 0.000000287. The van der Waals surface area contributed by atoms with Crippen molar-refractivity contribution in [3.63, 3.8) is 0 Å². The molecule has 1 unspecified atom stereocenters. The number of ether oxygens (including phenoxy) is 2. The zero-order valence-electron chi connectivity index (χ0n) is 37.8. The predicted octanol–water partition coefficient (Wildman–Crippen LogP) is 13.8. The maximum Gasteiger partial charge on any atom is 0.307 e. The maximum absolute atomic E-state index is 12.3. The van der Waals surface area contributed by atoms with Crippen molar-refractivity contribution in [2.75, 3.05) is 31.2 Å². The van der Waals surface area contributed by atoms with Gasteiger partial charge in [-0.05, 0) is 91.7 Å². The van der Waals surface area contributed by atoms with Crippen molar-refractivity contribution in [2.24, 2.45) is 11.8 Å². The predicted molar refractivity (Wildman–Crippen MR) is 271 cm³/mol. The monoisotopic (exact) mass is 998 g/mol. The summed E-state index contributed by atoms with van der Waals surface area (Å²) in [5.74, 6) is 0.413. The van der Waals surface area contributed by atoms with Gasteiger partial charge in [0.25, 0.3) is 0 Å². The van der Waals surface area contributed by atoms with Crippen LogP contribution in [0.2, 0.25) is 20.1 Å². The van der Waals surface area contributed by atoms with Gasteiger partial charge < -0.3 is 19.7 Å². The van der Waals surface area contributed by atoms with Gasteiger partial charge in [0.05, 0.1) is 57.1 Å². The minimum atomic E-state index is -0.354. The SMILES string of the molecule is CC(C)CC(SC#N)C(=O)c1ccc(Cl)c(Cl)c1.CCOC(=O)CCN(Cc1ccccc1)c1nc(-c2ccc(Cl)c(Cl)c2)c(CC(C)C)s1.CCOC(=O)CCNCc1ccccc1. The number of nitriles is 1. The number of benzene rings is 4. The molecule has 1 aromatic heterocycles. The smallest absolute Gasteiger partial charge is 0.307 e. The number of thioether (sulfide) groups is 1. The van der Waals surface area contributed by atoms with Crippen LogP contribution in [-0.4, -0.2) is 54.3 Å². The minimum Gasteiger partial charge on any atom is -0.466 e. The number of nitrogens with one attached hydrogen (secondary N) is 1. The van der Waals surface area contributed by atoms with Crippen LogP contribution < -0.4 is 10.2 Å². The number of esters is 2. The van der Waals surface area contributed by atoms with E-state index in [1.807, 2.05) is 81.6 Å². The van der Waals surface area contributed by atoms with Crippen molar-refractivity contribution < 1.29 is 23.9 Å². The number of carbonyl (C=O) groups is 3. The first kappa shape index (κ1) is 55.2. The summed E-state index contributed by atoms with van der Waals surface area (Å²) >= 11 is 26.8. The van der Waals surface area contributed by atoms with Gasteiger partial charge in [-0.15, -0.1) is 11.3 Å². The summed E-state index contributed by atoms with van der Waals surface area (Å²) in [6.45, 7) is 15.6. The second-order valence-corrected chi connectivity index (χ2v) is 19.2. The van der Waals surface area contributed by atoms with E-state index in [2.05, 4.69) is 48.3 Å². The molecule has 5 rings (SSSR count). The van der Waals surface area contributed by atoms with E-state index in [1.165, 1.54) is 10.4 Å². The van der Waals surface area contributed by atoms with E-state index in [0.29, 0.717) is 89.6 Å². The van der Waals surface area contributed by atoms with E-state index in [0.717, 1.165) is 46.7 Å². The summed E-state index contributed by atoms with van der Waals surface area (Å²) in [5, 5.41) is 16.3. The van der Waals surface area contributed by atoms with Gasteiger partial charge in [-0.2, -0.15) is 5.26 Å². The van der Waals surface area contributed by atoms with E-state index >= 15 is 0 Å². The molecule has 0 aliphatic heterocycles. The lowest BCUT2D eigenvalue weighted by Crippen LogP contribution is -2.26. The number of carbonyl (C=O) groups excluding carboxylic acids is 3. The molecule has 0 aliphatic carbocycles. The molecule has 9 nitrogen and oxygen atoms in total. The summed E-state index contributed by atoms with van der Waals surface area (Å²) in [5.41, 5.74) is 4.75. The molecule has 5 aromatic rings. The average molecular weight is 1000 g/mol. The van der Waals surface area contributed by atoms with Crippen molar-refractivity contribution in [3.8, 4) is 16.7 Å². The second kappa shape index (κ2) is 30.2. The molecule has 0 saturated carbocycles. The van der Waals surface area contributed by atoms with Crippen LogP contribution in [0.5, 0.6) is 0 Å². The molecule has 0 radical (unpaired) electrons. The van der Waals surface area contributed by atoms with Crippen LogP contribution in [0.1, 0.15) is 87.2 Å². The van der Waals surface area contributed by atoms with Gasteiger partial charge in [0.1, 0.15) is 5.40 Å². The molecule has 0 fully saturated rings. The molecule has 348 valence electrons. The molecule has 0 aliphatic rings. The fourth-order valence-electron chi connectivity index (χ4n) is 6.15. The van der Waals surface area contributed by atoms with Crippen LogP contribution >= 0.6 is 69.5 Å². The molecular formula is C50H58Cl4N4O5S2. The summed E-state index contributed by atoms with van der Waals surface area (Å²) in [7, 11) is 0. The Bertz CT molecular complexity index is 2270. The molecule has 1 heterocycles. The number of hydrogen-bond donors (Lipinski definition) is 1. The highest BCUT2D eigenvalue weighted by atomic mass is 35.5. The van der Waals surface area contributed by atoms with E-state index < -0.39 is 0 Å². The third kappa shape index (κ3) is 20.5. The Kier molecular flexibility index (Phi) is 25.7. The topological polar surface area (TPSA) is 122 Å². The quantitative estimate of drug-likeness (QED) is 0.0329. The first-order valence-electron chi connectivity index (χ1n) is 21.5. The molecular weight excluding hydrogens is 943 g/mol. The van der Waals surface area contributed by atoms with Gasteiger partial charge in [0.15, 0.2) is 10.9 Å². The van der Waals surface area contributed by atoms with Crippen LogP contribution in [0.3, 0.4) is 0 Å². The number of rotatable bonds is 21. The molecule has 0 bridgehead atoms. The normalized spacial score (nSPS) is 11.1. The van der Waals surface area contributed by atoms with Gasteiger partial charge in [-0.1, -0.05) is 141 Å². The van der Waals surface area contributed by atoms with Gasteiger partial charge in [0.2, 0.25) is 0 Å². The average Bonchev–Trinajstić information content (AvgIpc) is 3.69. The number of Topliss-reactive ketones (excluding diaryl/α,β-unsaturated/α-hetero) is 1. The fraction of sp³-hybridized carbons (Fsp3) is 0.380. The zero-order chi connectivity index (χ0) is 47.7. The summed E-state index contributed by atoms with van der Waals surface area (Å²) in [4.78, 5) is 43.7. The van der Waals surface area contributed by atoms with Crippen molar-refractivity contribution in [3.05, 3.63) is 139 Å². The lowest BCUT2D eigenvalue weighted by atomic mass is 10.0. The molecule has 1 atom stereocenters. The molecule has 15 heteroatoms. The van der Waals surface area contributed by atoms with Crippen LogP contribution in [0.15, 0.2) is 97.1 Å². The summed E-state index contributed by atoms with van der Waals surface area (Å²) in [6, 6.07) is 30.7. The van der Waals surface area contributed by atoms with E-state index in [1.54, 1.807) is 35.6 Å². The number of nitrogens with zero attached hydrogens (tertiary/aromatic N) is 3. The largest absolute Gasteiger partial charge is 0.466 e. The number of hydrogen-bond acceptors (Lipinski definition) is 11. The van der Waals surface area contributed by atoms with Gasteiger partial charge >= 0.3 is 11.9 Å². The Labute approximate surface area is 413 Å². The Morgan fingerprint density at radius 2 is 1.35 bits per heavy atom. The highest BCUT2D eigenvalue weighted by Crippen LogP contribution is 2.38. The number of thiocyanates is 1. The third-order valence-corrected chi connectivity index (χ3v) is 12.6. The number of halogens is 4. The van der Waals surface area contributed by atoms with Crippen molar-refractivity contribution >= 4 is 92.4 Å². The standard InChI is InChI=1S/C25H28Cl2N2O2S.C13H13Cl2NOS.C12H17NO2/c1-4-31-23(30)12-13-29(16-18-8-6-5-7-9-18)25-28-24(22(32-25)14-17(2)3)19-10-11-20(26)21(27)15-19;1-8(2)5-12(18-7-16)13(17)9-3-4-10(14)11(15)6-9;1-2-15-12(14)8-9-13-10-11-6-4-3-5-7-11/h5-11,15,17H,4,12-14,16H2,1-3H3;3-4,6,8,12H,5H2,1-2H3;3-7,13H,2,8-10H2,1H3. The lowest BCUT2D eigenvalue weighted by molar-refractivity contribution is -0.143. The molecule has 1 N–H and O–H groups in total. The van der Waals surface area contributed by atoms with Crippen molar-refractivity contribution in [2.45, 2.75) is 85.6 Å². The molecule has 65 heavy (non-hydrogen) atoms. The van der Waals surface area contributed by atoms with Crippen LogP contribution in [0.25, 0.3) is 11.3 Å². The minimum absolute atomic E-state index is 0.0752. The Morgan fingerprint density at radius 1 is 0.769 bits per heavy atom. The first-order chi connectivity index (χ1) is 31.1. The molecule has 0 spiro atoms. The van der Waals surface area contributed by atoms with Crippen LogP contribution in [0.4, 0.5) is 5.13 Å². The van der Waals surface area contributed by atoms with Crippen molar-refractivity contribution in [1.29, 1.82) is 5.26 Å². The summed E-state index contributed by atoms with van der Waals surface area (Å²) < 4.78 is 9.96.